The van der Waals surface area contributed by atoms with Gasteiger partial charge in [-0.05, 0) is 25.0 Å². The summed E-state index contributed by atoms with van der Waals surface area (Å²) in [7, 11) is 0. The number of hydrogen-bond acceptors (Lipinski definition) is 7. The third kappa shape index (κ3) is 4.34. The number of hydrogen-bond donors (Lipinski definition) is 2. The molecule has 4 heterocycles. The molecule has 2 N–H and O–H groups in total. The fourth-order valence-corrected chi connectivity index (χ4v) is 4.07. The van der Waals surface area contributed by atoms with E-state index in [1.54, 1.807) is 12.1 Å². The summed E-state index contributed by atoms with van der Waals surface area (Å²) in [6.45, 7) is -0.940. The first-order valence-electron chi connectivity index (χ1n) is 9.51. The van der Waals surface area contributed by atoms with Gasteiger partial charge in [-0.2, -0.15) is 18.4 Å². The van der Waals surface area contributed by atoms with Crippen LogP contribution in [0.1, 0.15) is 30.1 Å². The number of alkyl halides is 3. The monoisotopic (exact) mass is 451 g/mol. The number of rotatable bonds is 4. The Morgan fingerprint density at radius 3 is 2.94 bits per heavy atom. The molecule has 2 aromatic rings. The van der Waals surface area contributed by atoms with Crippen molar-refractivity contribution in [3.63, 3.8) is 0 Å². The van der Waals surface area contributed by atoms with Gasteiger partial charge < -0.3 is 15.5 Å². The van der Waals surface area contributed by atoms with Gasteiger partial charge in [0, 0.05) is 24.5 Å². The molecule has 4 rings (SSSR count). The summed E-state index contributed by atoms with van der Waals surface area (Å²) >= 11 is 6.06. The lowest BCUT2D eigenvalue weighted by Crippen LogP contribution is -2.48. The first-order valence-corrected chi connectivity index (χ1v) is 9.89. The van der Waals surface area contributed by atoms with Crippen LogP contribution in [0.4, 0.5) is 24.8 Å². The van der Waals surface area contributed by atoms with E-state index in [0.29, 0.717) is 35.4 Å². The Morgan fingerprint density at radius 1 is 1.39 bits per heavy atom. The summed E-state index contributed by atoms with van der Waals surface area (Å²) in [4.78, 5) is 27.0. The third-order valence-electron chi connectivity index (χ3n) is 5.27. The highest BCUT2D eigenvalue weighted by Crippen LogP contribution is 2.36. The van der Waals surface area contributed by atoms with E-state index in [1.807, 2.05) is 5.32 Å². The number of fused-ring (bicyclic) bond motifs is 1. The molecule has 3 atom stereocenters. The number of nitriles is 1. The number of carbonyl (C=O) groups excluding carboxylic acids is 1. The Bertz CT molecular complexity index is 1040. The standard InChI is InChI=1S/C19H17ClF3N7O/c20-10-5-12-13(8-27-16(12)26-7-10)17-25-4-3-15(29-17)30-11(6-24)1-2-14(30)18(31)28-9-19(21,22)23/h3-5,7,11,13-14H,1-2,8-9H2,(H,26,27)(H,28,31)/t11-,13?,14-/m1/s1. The predicted octanol–water partition coefficient (Wildman–Crippen LogP) is 2.62. The lowest BCUT2D eigenvalue weighted by Gasteiger charge is -2.28. The van der Waals surface area contributed by atoms with Crippen molar-refractivity contribution >= 4 is 29.1 Å². The number of nitrogens with one attached hydrogen (secondary N) is 2. The molecule has 1 saturated heterocycles. The quantitative estimate of drug-likeness (QED) is 0.735. The van der Waals surface area contributed by atoms with Crippen molar-refractivity contribution in [2.75, 3.05) is 23.3 Å². The van der Waals surface area contributed by atoms with E-state index in [1.165, 1.54) is 17.3 Å². The fourth-order valence-electron chi connectivity index (χ4n) is 3.90. The van der Waals surface area contributed by atoms with Crippen molar-refractivity contribution in [3.8, 4) is 6.07 Å². The molecule has 0 aliphatic carbocycles. The molecule has 2 aliphatic heterocycles. The van der Waals surface area contributed by atoms with Gasteiger partial charge in [0.1, 0.15) is 36.1 Å². The van der Waals surface area contributed by atoms with Gasteiger partial charge in [-0.3, -0.25) is 4.79 Å². The summed E-state index contributed by atoms with van der Waals surface area (Å²) in [5, 5.41) is 15.0. The topological polar surface area (TPSA) is 107 Å². The highest BCUT2D eigenvalue weighted by atomic mass is 35.5. The van der Waals surface area contributed by atoms with Gasteiger partial charge >= 0.3 is 6.18 Å². The van der Waals surface area contributed by atoms with Crippen molar-refractivity contribution < 1.29 is 18.0 Å². The van der Waals surface area contributed by atoms with Gasteiger partial charge in [0.15, 0.2) is 0 Å². The summed E-state index contributed by atoms with van der Waals surface area (Å²) < 4.78 is 37.6. The van der Waals surface area contributed by atoms with E-state index in [2.05, 4.69) is 26.3 Å². The Kier molecular flexibility index (Phi) is 5.58. The molecule has 8 nitrogen and oxygen atoms in total. The number of halogens is 4. The van der Waals surface area contributed by atoms with Gasteiger partial charge in [-0.15, -0.1) is 0 Å². The minimum absolute atomic E-state index is 0.245. The van der Waals surface area contributed by atoms with Crippen LogP contribution in [0.5, 0.6) is 0 Å². The van der Waals surface area contributed by atoms with Gasteiger partial charge in [0.25, 0.3) is 0 Å². The van der Waals surface area contributed by atoms with Crippen molar-refractivity contribution in [2.45, 2.75) is 37.0 Å². The largest absolute Gasteiger partial charge is 0.405 e. The van der Waals surface area contributed by atoms with Gasteiger partial charge in [-0.25, -0.2) is 15.0 Å². The van der Waals surface area contributed by atoms with Gasteiger partial charge in [-0.1, -0.05) is 11.6 Å². The van der Waals surface area contributed by atoms with Crippen LogP contribution in [-0.2, 0) is 4.79 Å². The number of carbonyl (C=O) groups is 1. The summed E-state index contributed by atoms with van der Waals surface area (Å²) in [6, 6.07) is 3.80. The Hall–Kier alpha value is -3.13. The van der Waals surface area contributed by atoms with Crippen LogP contribution in [0.3, 0.4) is 0 Å². The van der Waals surface area contributed by atoms with Crippen LogP contribution in [0.15, 0.2) is 24.5 Å². The zero-order valence-corrected chi connectivity index (χ0v) is 16.8. The second-order valence-electron chi connectivity index (χ2n) is 7.28. The minimum atomic E-state index is -4.52. The lowest BCUT2D eigenvalue weighted by atomic mass is 10.0. The average Bonchev–Trinajstić information content (AvgIpc) is 3.35. The van der Waals surface area contributed by atoms with Crippen LogP contribution >= 0.6 is 11.6 Å². The summed E-state index contributed by atoms with van der Waals surface area (Å²) in [5.41, 5.74) is 0.822. The number of amides is 1. The highest BCUT2D eigenvalue weighted by Gasteiger charge is 2.40. The molecule has 0 aromatic carbocycles. The van der Waals surface area contributed by atoms with Crippen molar-refractivity contribution in [1.82, 2.24) is 20.3 Å². The Labute approximate surface area is 180 Å². The molecule has 0 radical (unpaired) electrons. The molecular weight excluding hydrogens is 435 g/mol. The molecule has 2 aliphatic rings. The lowest BCUT2D eigenvalue weighted by molar-refractivity contribution is -0.139. The normalized spacial score (nSPS) is 22.5. The predicted molar refractivity (Wildman–Crippen MR) is 106 cm³/mol. The molecule has 0 saturated carbocycles. The number of nitrogens with zero attached hydrogens (tertiary/aromatic N) is 5. The molecule has 1 fully saturated rings. The van der Waals surface area contributed by atoms with Crippen LogP contribution in [-0.4, -0.2) is 52.2 Å². The van der Waals surface area contributed by atoms with E-state index in [9.17, 15) is 23.2 Å². The minimum Gasteiger partial charge on any atom is -0.369 e. The number of pyridine rings is 1. The first-order chi connectivity index (χ1) is 14.8. The van der Waals surface area contributed by atoms with E-state index >= 15 is 0 Å². The molecule has 0 spiro atoms. The van der Waals surface area contributed by atoms with Crippen molar-refractivity contribution in [1.29, 1.82) is 5.26 Å². The third-order valence-corrected chi connectivity index (χ3v) is 5.48. The second kappa shape index (κ2) is 8.19. The van der Waals surface area contributed by atoms with E-state index < -0.39 is 30.7 Å². The van der Waals surface area contributed by atoms with E-state index in [-0.39, 0.29) is 12.3 Å². The Morgan fingerprint density at radius 2 is 2.19 bits per heavy atom. The SMILES string of the molecule is N#C[C@H]1CC[C@H](C(=O)NCC(F)(F)F)N1c1ccnc(C2CNc3ncc(Cl)cc32)n1. The zero-order chi connectivity index (χ0) is 22.2. The average molecular weight is 452 g/mol. The van der Waals surface area contributed by atoms with Crippen molar-refractivity contribution in [2.24, 2.45) is 0 Å². The number of anilines is 2. The smallest absolute Gasteiger partial charge is 0.369 e. The molecule has 0 bridgehead atoms. The van der Waals surface area contributed by atoms with Crippen molar-refractivity contribution in [3.05, 3.63) is 40.9 Å². The first kappa shape index (κ1) is 21.1. The van der Waals surface area contributed by atoms with Crippen LogP contribution < -0.4 is 15.5 Å². The van der Waals surface area contributed by atoms with E-state index in [4.69, 9.17) is 11.6 Å². The zero-order valence-electron chi connectivity index (χ0n) is 16.0. The maximum Gasteiger partial charge on any atom is 0.405 e. The number of aromatic nitrogens is 3. The molecule has 162 valence electrons. The summed E-state index contributed by atoms with van der Waals surface area (Å²) in [5.74, 6) is 0.375. The Balaban J connectivity index is 1.62. The molecule has 1 amide bonds. The fraction of sp³-hybridized carbons (Fsp3) is 0.421. The molecule has 1 unspecified atom stereocenters. The van der Waals surface area contributed by atoms with Gasteiger partial charge in [0.05, 0.1) is 17.0 Å². The molecule has 12 heteroatoms. The van der Waals surface area contributed by atoms with Gasteiger partial charge in [0.2, 0.25) is 5.91 Å². The maximum absolute atomic E-state index is 12.5. The second-order valence-corrected chi connectivity index (χ2v) is 7.71. The van der Waals surface area contributed by atoms with Crippen LogP contribution in [0.2, 0.25) is 5.02 Å². The summed E-state index contributed by atoms with van der Waals surface area (Å²) in [6.07, 6.45) is -0.903. The molecular formula is C19H17ClF3N7O. The van der Waals surface area contributed by atoms with Crippen LogP contribution in [0, 0.1) is 11.3 Å². The van der Waals surface area contributed by atoms with Crippen LogP contribution in [0.25, 0.3) is 0 Å². The van der Waals surface area contributed by atoms with E-state index in [0.717, 1.165) is 5.56 Å². The molecule has 2 aromatic heterocycles. The maximum atomic E-state index is 12.5. The molecule has 31 heavy (non-hydrogen) atoms. The highest BCUT2D eigenvalue weighted by molar-refractivity contribution is 6.30.